The molecule has 0 aliphatic carbocycles. The van der Waals surface area contributed by atoms with Gasteiger partial charge in [0.15, 0.2) is 0 Å². The molecule has 1 aliphatic rings. The summed E-state index contributed by atoms with van der Waals surface area (Å²) in [6, 6.07) is -2.50. The fourth-order valence-electron chi connectivity index (χ4n) is 4.56. The van der Waals surface area contributed by atoms with Gasteiger partial charge in [-0.1, -0.05) is 33.6 Å². The van der Waals surface area contributed by atoms with Crippen LogP contribution in [0.4, 0.5) is 22.0 Å². The lowest BCUT2D eigenvalue weighted by Crippen LogP contribution is -2.66. The molecule has 4 unspecified atom stereocenters. The Kier molecular flexibility index (Phi) is 6.65. The molecule has 5 nitrogen and oxygen atoms in total. The molecule has 156 valence electrons. The Hall–Kier alpha value is -1.74. The number of hydrogen-bond acceptors (Lipinski definition) is 3. The Morgan fingerprint density at radius 3 is 1.85 bits per heavy atom. The van der Waals surface area contributed by atoms with Crippen LogP contribution in [0.15, 0.2) is 4.99 Å². The molecule has 0 saturated carbocycles. The van der Waals surface area contributed by atoms with E-state index >= 15 is 0 Å². The second kappa shape index (κ2) is 7.71. The summed E-state index contributed by atoms with van der Waals surface area (Å²) in [5, 5.41) is 19.6. The monoisotopic (exact) mass is 401 g/mol. The molecule has 0 aromatic carbocycles. The van der Waals surface area contributed by atoms with Crippen LogP contribution in [-0.2, 0) is 9.59 Å². The summed E-state index contributed by atoms with van der Waals surface area (Å²) >= 11 is 0. The fraction of sp³-hybridized carbons (Fsp3) is 0.824. The third-order valence-electron chi connectivity index (χ3n) is 5.91. The van der Waals surface area contributed by atoms with Gasteiger partial charge in [-0.3, -0.25) is 14.6 Å². The Morgan fingerprint density at radius 2 is 1.59 bits per heavy atom. The van der Waals surface area contributed by atoms with Crippen LogP contribution in [0, 0.1) is 22.7 Å². The smallest absolute Gasteiger partial charge is 0.430 e. The van der Waals surface area contributed by atoms with Gasteiger partial charge < -0.3 is 10.2 Å². The number of aliphatic imine (C=N–C) groups is 1. The maximum atomic E-state index is 13.7. The average molecular weight is 401 g/mol. The van der Waals surface area contributed by atoms with Gasteiger partial charge in [0.2, 0.25) is 0 Å². The van der Waals surface area contributed by atoms with E-state index in [1.165, 1.54) is 6.92 Å². The van der Waals surface area contributed by atoms with E-state index < -0.39 is 65.4 Å². The van der Waals surface area contributed by atoms with Gasteiger partial charge in [-0.15, -0.1) is 0 Å². The lowest BCUT2D eigenvalue weighted by Gasteiger charge is -2.54. The number of hydrogen-bond donors (Lipinski definition) is 2. The van der Waals surface area contributed by atoms with Crippen molar-refractivity contribution in [3.8, 4) is 0 Å². The molecule has 1 heterocycles. The minimum atomic E-state index is -5.29. The lowest BCUT2D eigenvalue weighted by atomic mass is 9.50. The number of nitrogens with zero attached hydrogens (tertiary/aromatic N) is 1. The zero-order valence-corrected chi connectivity index (χ0v) is 15.5. The van der Waals surface area contributed by atoms with E-state index in [9.17, 15) is 41.8 Å². The average Bonchev–Trinajstić information content (AvgIpc) is 2.54. The van der Waals surface area contributed by atoms with Crippen molar-refractivity contribution >= 4 is 17.7 Å². The van der Waals surface area contributed by atoms with Crippen LogP contribution in [0.3, 0.4) is 0 Å². The first-order valence-corrected chi connectivity index (χ1v) is 8.66. The summed E-state index contributed by atoms with van der Waals surface area (Å²) in [5.74, 6) is -6.24. The van der Waals surface area contributed by atoms with Crippen molar-refractivity contribution in [2.45, 2.75) is 65.6 Å². The van der Waals surface area contributed by atoms with Crippen molar-refractivity contribution in [1.82, 2.24) is 0 Å². The van der Waals surface area contributed by atoms with E-state index in [-0.39, 0.29) is 12.8 Å². The van der Waals surface area contributed by atoms with Gasteiger partial charge >= 0.3 is 18.1 Å². The van der Waals surface area contributed by atoms with Gasteiger partial charge in [-0.2, -0.15) is 13.2 Å². The fourth-order valence-corrected chi connectivity index (χ4v) is 4.56. The summed E-state index contributed by atoms with van der Waals surface area (Å²) in [5.41, 5.74) is -7.03. The first-order valence-electron chi connectivity index (χ1n) is 8.66. The van der Waals surface area contributed by atoms with Crippen LogP contribution in [-0.4, -0.2) is 46.5 Å². The third-order valence-corrected chi connectivity index (χ3v) is 5.91. The van der Waals surface area contributed by atoms with Crippen molar-refractivity contribution in [2.24, 2.45) is 27.7 Å². The molecule has 10 heteroatoms. The molecular formula is C17H24F5NO4. The lowest BCUT2D eigenvalue weighted by molar-refractivity contribution is -0.177. The zero-order valence-electron chi connectivity index (χ0n) is 15.5. The minimum Gasteiger partial charge on any atom is -0.481 e. The third kappa shape index (κ3) is 3.42. The normalized spacial score (nSPS) is 31.9. The van der Waals surface area contributed by atoms with Crippen LogP contribution in [0.1, 0.15) is 47.0 Å². The SMILES string of the molecule is CCC(CC)C1C(CC)(C(=O)O)C(C(F)(F)F)=NC(C(F)F)C1(C)C(=O)O. The molecule has 2 N–H and O–H groups in total. The maximum Gasteiger partial charge on any atom is 0.430 e. The van der Waals surface area contributed by atoms with Crippen molar-refractivity contribution in [3.05, 3.63) is 0 Å². The molecule has 0 radical (unpaired) electrons. The number of aliphatic carboxylic acids is 2. The molecule has 0 aromatic heterocycles. The Balaban J connectivity index is 4.10. The molecule has 0 aromatic rings. The number of halogens is 5. The summed E-state index contributed by atoms with van der Waals surface area (Å²) in [6.45, 7) is 5.19. The standard InChI is InChI=1S/C17H24F5NO4/c1-5-8(6-2)9-15(4,13(24)25)10(11(18)19)23-12(17(20,21)22)16(9,7-3)14(26)27/h8-11H,5-7H2,1-4H3,(H,24,25)(H,26,27). The number of carboxylic acids is 2. The van der Waals surface area contributed by atoms with Crippen LogP contribution in [0.2, 0.25) is 0 Å². The van der Waals surface area contributed by atoms with Gasteiger partial charge in [0, 0.05) is 5.92 Å². The molecule has 1 aliphatic heterocycles. The molecule has 0 fully saturated rings. The van der Waals surface area contributed by atoms with Crippen LogP contribution in [0.25, 0.3) is 0 Å². The summed E-state index contributed by atoms with van der Waals surface area (Å²) in [7, 11) is 0. The number of carboxylic acid groups (broad SMARTS) is 2. The number of rotatable bonds is 7. The predicted molar refractivity (Wildman–Crippen MR) is 86.9 cm³/mol. The highest BCUT2D eigenvalue weighted by atomic mass is 19.4. The molecule has 4 atom stereocenters. The molecule has 0 saturated heterocycles. The van der Waals surface area contributed by atoms with Crippen molar-refractivity contribution in [2.75, 3.05) is 0 Å². The van der Waals surface area contributed by atoms with E-state index in [0.717, 1.165) is 6.92 Å². The van der Waals surface area contributed by atoms with E-state index in [1.54, 1.807) is 13.8 Å². The summed E-state index contributed by atoms with van der Waals surface area (Å²) in [4.78, 5) is 27.2. The van der Waals surface area contributed by atoms with Gasteiger partial charge in [-0.25, -0.2) is 8.78 Å². The number of carbonyl (C=O) groups is 2. The molecular weight excluding hydrogens is 377 g/mol. The highest BCUT2D eigenvalue weighted by Gasteiger charge is 2.71. The Bertz CT molecular complexity index is 617. The summed E-state index contributed by atoms with van der Waals surface area (Å²) in [6.07, 6.45) is -9.13. The van der Waals surface area contributed by atoms with E-state index in [2.05, 4.69) is 4.99 Å². The topological polar surface area (TPSA) is 87.0 Å². The molecule has 0 spiro atoms. The maximum absolute atomic E-state index is 13.7. The highest BCUT2D eigenvalue weighted by Crippen LogP contribution is 2.58. The molecule has 1 rings (SSSR count). The van der Waals surface area contributed by atoms with E-state index in [0.29, 0.717) is 0 Å². The minimum absolute atomic E-state index is 0.139. The predicted octanol–water partition coefficient (Wildman–Crippen LogP) is 4.26. The second-order valence-corrected chi connectivity index (χ2v) is 7.03. The second-order valence-electron chi connectivity index (χ2n) is 7.03. The van der Waals surface area contributed by atoms with Crippen molar-refractivity contribution < 1.29 is 41.8 Å². The van der Waals surface area contributed by atoms with Crippen molar-refractivity contribution in [3.63, 3.8) is 0 Å². The largest absolute Gasteiger partial charge is 0.481 e. The molecule has 27 heavy (non-hydrogen) atoms. The van der Waals surface area contributed by atoms with Crippen LogP contribution < -0.4 is 0 Å². The van der Waals surface area contributed by atoms with Gasteiger partial charge in [0.25, 0.3) is 6.43 Å². The van der Waals surface area contributed by atoms with Crippen molar-refractivity contribution in [1.29, 1.82) is 0 Å². The van der Waals surface area contributed by atoms with Gasteiger partial charge in [0.1, 0.15) is 17.2 Å². The Morgan fingerprint density at radius 1 is 1.11 bits per heavy atom. The zero-order chi connectivity index (χ0) is 21.4. The van der Waals surface area contributed by atoms with Crippen LogP contribution in [0.5, 0.6) is 0 Å². The number of alkyl halides is 5. The quantitative estimate of drug-likeness (QED) is 0.624. The first kappa shape index (κ1) is 23.3. The first-order chi connectivity index (χ1) is 12.3. The Labute approximate surface area is 153 Å². The molecule has 0 amide bonds. The summed E-state index contributed by atoms with van der Waals surface area (Å²) < 4.78 is 68.5. The molecule has 0 bridgehead atoms. The van der Waals surface area contributed by atoms with Gasteiger partial charge in [-0.05, 0) is 19.3 Å². The van der Waals surface area contributed by atoms with Crippen LogP contribution >= 0.6 is 0 Å². The highest BCUT2D eigenvalue weighted by molar-refractivity contribution is 6.10. The van der Waals surface area contributed by atoms with E-state index in [4.69, 9.17) is 0 Å². The van der Waals surface area contributed by atoms with Gasteiger partial charge in [0.05, 0.1) is 5.41 Å². The van der Waals surface area contributed by atoms with E-state index in [1.807, 2.05) is 0 Å².